The molecule has 0 N–H and O–H groups in total. The third-order valence-electron chi connectivity index (χ3n) is 2.33. The maximum absolute atomic E-state index is 11.3. The fourth-order valence-corrected chi connectivity index (χ4v) is 1.52. The number of methoxy groups -OCH3 is 1. The van der Waals surface area contributed by atoms with Crippen LogP contribution < -0.4 is 4.74 Å². The van der Waals surface area contributed by atoms with E-state index >= 15 is 0 Å². The minimum Gasteiger partial charge on any atom is -0.480 e. The molecular formula is C12H12N2O2. The lowest BCUT2D eigenvalue weighted by atomic mass is 10.1. The zero-order chi connectivity index (χ0) is 11.7. The molecule has 0 spiro atoms. The van der Waals surface area contributed by atoms with Crippen LogP contribution in [-0.2, 0) is 0 Å². The molecule has 4 heteroatoms. The first-order chi connectivity index (χ1) is 7.61. The summed E-state index contributed by atoms with van der Waals surface area (Å²) in [5.41, 5.74) is 1.82. The summed E-state index contributed by atoms with van der Waals surface area (Å²) in [6, 6.07) is 5.76. The van der Waals surface area contributed by atoms with Crippen LogP contribution in [0.2, 0.25) is 0 Å². The molecule has 1 heterocycles. The number of aryl methyl sites for hydroxylation is 1. The molecule has 0 unspecified atom stereocenters. The second kappa shape index (κ2) is 3.89. The summed E-state index contributed by atoms with van der Waals surface area (Å²) in [7, 11) is 1.53. The molecule has 0 saturated carbocycles. The van der Waals surface area contributed by atoms with Gasteiger partial charge in [0.25, 0.3) is 0 Å². The highest BCUT2D eigenvalue weighted by molar-refractivity contribution is 5.94. The summed E-state index contributed by atoms with van der Waals surface area (Å²) in [6.07, 6.45) is 0. The van der Waals surface area contributed by atoms with Crippen molar-refractivity contribution in [2.24, 2.45) is 0 Å². The summed E-state index contributed by atoms with van der Waals surface area (Å²) in [6.45, 7) is 3.41. The van der Waals surface area contributed by atoms with Crippen LogP contribution in [0, 0.1) is 6.92 Å². The van der Waals surface area contributed by atoms with Gasteiger partial charge in [-0.3, -0.25) is 4.79 Å². The SMILES string of the molecule is COc1nc(C(C)=O)nc2cc(C)ccc12. The van der Waals surface area contributed by atoms with E-state index in [0.717, 1.165) is 16.5 Å². The molecule has 2 rings (SSSR count). The predicted molar refractivity (Wildman–Crippen MR) is 60.8 cm³/mol. The Balaban J connectivity index is 2.78. The molecule has 0 saturated heterocycles. The van der Waals surface area contributed by atoms with Crippen molar-refractivity contribution in [1.29, 1.82) is 0 Å². The van der Waals surface area contributed by atoms with Gasteiger partial charge in [0.05, 0.1) is 18.0 Å². The molecule has 0 aliphatic heterocycles. The zero-order valence-corrected chi connectivity index (χ0v) is 9.44. The van der Waals surface area contributed by atoms with Crippen LogP contribution in [0.4, 0.5) is 0 Å². The van der Waals surface area contributed by atoms with E-state index < -0.39 is 0 Å². The predicted octanol–water partition coefficient (Wildman–Crippen LogP) is 2.15. The summed E-state index contributed by atoms with van der Waals surface area (Å²) in [5.74, 6) is 0.465. The van der Waals surface area contributed by atoms with E-state index in [0.29, 0.717) is 5.88 Å². The normalized spacial score (nSPS) is 10.4. The van der Waals surface area contributed by atoms with E-state index in [2.05, 4.69) is 9.97 Å². The second-order valence-electron chi connectivity index (χ2n) is 3.63. The van der Waals surface area contributed by atoms with E-state index in [9.17, 15) is 4.79 Å². The van der Waals surface area contributed by atoms with Gasteiger partial charge in [-0.25, -0.2) is 4.98 Å². The van der Waals surface area contributed by atoms with Gasteiger partial charge in [0, 0.05) is 6.92 Å². The maximum atomic E-state index is 11.3. The lowest BCUT2D eigenvalue weighted by Crippen LogP contribution is -2.03. The number of rotatable bonds is 2. The van der Waals surface area contributed by atoms with Crippen LogP contribution in [0.3, 0.4) is 0 Å². The number of carbonyl (C=O) groups is 1. The molecule has 2 aromatic rings. The van der Waals surface area contributed by atoms with E-state index in [1.54, 1.807) is 0 Å². The summed E-state index contributed by atoms with van der Waals surface area (Å²) < 4.78 is 5.15. The molecule has 0 fully saturated rings. The van der Waals surface area contributed by atoms with Gasteiger partial charge in [-0.2, -0.15) is 4.98 Å². The number of ketones is 1. The number of fused-ring (bicyclic) bond motifs is 1. The Hall–Kier alpha value is -1.97. The smallest absolute Gasteiger partial charge is 0.224 e. The molecule has 0 aliphatic rings. The molecule has 0 amide bonds. The van der Waals surface area contributed by atoms with E-state index in [4.69, 9.17) is 4.74 Å². The zero-order valence-electron chi connectivity index (χ0n) is 9.44. The fraction of sp³-hybridized carbons (Fsp3) is 0.250. The summed E-state index contributed by atoms with van der Waals surface area (Å²) in [4.78, 5) is 19.5. The van der Waals surface area contributed by atoms with Crippen molar-refractivity contribution in [2.45, 2.75) is 13.8 Å². The van der Waals surface area contributed by atoms with Crippen molar-refractivity contribution in [2.75, 3.05) is 7.11 Å². The van der Waals surface area contributed by atoms with Gasteiger partial charge in [0.1, 0.15) is 0 Å². The first kappa shape index (κ1) is 10.5. The molecular weight excluding hydrogens is 204 g/mol. The molecule has 0 atom stereocenters. The first-order valence-corrected chi connectivity index (χ1v) is 4.95. The quantitative estimate of drug-likeness (QED) is 0.722. The lowest BCUT2D eigenvalue weighted by Gasteiger charge is -2.06. The average Bonchev–Trinajstić information content (AvgIpc) is 2.26. The van der Waals surface area contributed by atoms with Crippen LogP contribution in [0.5, 0.6) is 5.88 Å². The van der Waals surface area contributed by atoms with E-state index in [1.807, 2.05) is 25.1 Å². The monoisotopic (exact) mass is 216 g/mol. The van der Waals surface area contributed by atoms with Crippen molar-refractivity contribution < 1.29 is 9.53 Å². The van der Waals surface area contributed by atoms with Crippen LogP contribution in [0.1, 0.15) is 23.1 Å². The van der Waals surface area contributed by atoms with Gasteiger partial charge in [0.2, 0.25) is 5.88 Å². The van der Waals surface area contributed by atoms with Crippen molar-refractivity contribution in [3.8, 4) is 5.88 Å². The number of nitrogens with zero attached hydrogens (tertiary/aromatic N) is 2. The van der Waals surface area contributed by atoms with Gasteiger partial charge in [-0.1, -0.05) is 6.07 Å². The van der Waals surface area contributed by atoms with Crippen molar-refractivity contribution >= 4 is 16.7 Å². The van der Waals surface area contributed by atoms with Gasteiger partial charge in [-0.15, -0.1) is 0 Å². The van der Waals surface area contributed by atoms with Crippen molar-refractivity contribution in [3.05, 3.63) is 29.6 Å². The van der Waals surface area contributed by atoms with Gasteiger partial charge >= 0.3 is 0 Å². The fourth-order valence-electron chi connectivity index (χ4n) is 1.52. The minimum atomic E-state index is -0.165. The van der Waals surface area contributed by atoms with Gasteiger partial charge in [-0.05, 0) is 24.6 Å². The topological polar surface area (TPSA) is 52.1 Å². The molecule has 82 valence electrons. The molecule has 16 heavy (non-hydrogen) atoms. The lowest BCUT2D eigenvalue weighted by molar-refractivity contribution is 0.100. The average molecular weight is 216 g/mol. The number of aromatic nitrogens is 2. The van der Waals surface area contributed by atoms with Crippen LogP contribution in [-0.4, -0.2) is 22.9 Å². The Kier molecular flexibility index (Phi) is 2.56. The molecule has 4 nitrogen and oxygen atoms in total. The first-order valence-electron chi connectivity index (χ1n) is 4.95. The Bertz CT molecular complexity index is 564. The maximum Gasteiger partial charge on any atom is 0.224 e. The highest BCUT2D eigenvalue weighted by atomic mass is 16.5. The Morgan fingerprint density at radius 3 is 2.69 bits per heavy atom. The summed E-state index contributed by atoms with van der Waals surface area (Å²) in [5, 5.41) is 0.818. The summed E-state index contributed by atoms with van der Waals surface area (Å²) >= 11 is 0. The third-order valence-corrected chi connectivity index (χ3v) is 2.33. The molecule has 1 aromatic heterocycles. The van der Waals surface area contributed by atoms with Crippen molar-refractivity contribution in [3.63, 3.8) is 0 Å². The Labute approximate surface area is 93.3 Å². The molecule has 1 aromatic carbocycles. The largest absolute Gasteiger partial charge is 0.480 e. The Morgan fingerprint density at radius 1 is 1.31 bits per heavy atom. The molecule has 0 radical (unpaired) electrons. The number of hydrogen-bond donors (Lipinski definition) is 0. The number of ether oxygens (including phenoxy) is 1. The second-order valence-corrected chi connectivity index (χ2v) is 3.63. The van der Waals surface area contributed by atoms with Crippen LogP contribution >= 0.6 is 0 Å². The number of Topliss-reactive ketones (excluding diaryl/α,β-unsaturated/α-hetero) is 1. The number of benzene rings is 1. The van der Waals surface area contributed by atoms with E-state index in [1.165, 1.54) is 14.0 Å². The highest BCUT2D eigenvalue weighted by Gasteiger charge is 2.10. The van der Waals surface area contributed by atoms with E-state index in [-0.39, 0.29) is 11.6 Å². The standard InChI is InChI=1S/C12H12N2O2/c1-7-4-5-9-10(6-7)13-11(8(2)15)14-12(9)16-3/h4-6H,1-3H3. The minimum absolute atomic E-state index is 0.165. The molecule has 0 bridgehead atoms. The van der Waals surface area contributed by atoms with Crippen LogP contribution in [0.15, 0.2) is 18.2 Å². The van der Waals surface area contributed by atoms with Gasteiger partial charge in [0.15, 0.2) is 11.6 Å². The Morgan fingerprint density at radius 2 is 2.06 bits per heavy atom. The van der Waals surface area contributed by atoms with Gasteiger partial charge < -0.3 is 4.74 Å². The third kappa shape index (κ3) is 1.74. The number of hydrogen-bond acceptors (Lipinski definition) is 4. The highest BCUT2D eigenvalue weighted by Crippen LogP contribution is 2.23. The van der Waals surface area contributed by atoms with Crippen LogP contribution in [0.25, 0.3) is 10.9 Å². The van der Waals surface area contributed by atoms with Crippen molar-refractivity contribution in [1.82, 2.24) is 9.97 Å². The molecule has 0 aliphatic carbocycles. The number of carbonyl (C=O) groups excluding carboxylic acids is 1.